The zero-order valence-corrected chi connectivity index (χ0v) is 19.1. The van der Waals surface area contributed by atoms with Gasteiger partial charge in [-0.3, -0.25) is 9.59 Å². The smallest absolute Gasteiger partial charge is 0.254 e. The Kier molecular flexibility index (Phi) is 7.71. The van der Waals surface area contributed by atoms with Crippen molar-refractivity contribution in [2.75, 3.05) is 13.7 Å². The van der Waals surface area contributed by atoms with Crippen LogP contribution in [-0.4, -0.2) is 41.3 Å². The lowest BCUT2D eigenvalue weighted by molar-refractivity contribution is -0.133. The number of hydrogen-bond acceptors (Lipinski definition) is 4. The van der Waals surface area contributed by atoms with Gasteiger partial charge in [0, 0.05) is 18.2 Å². The van der Waals surface area contributed by atoms with Crippen LogP contribution in [0.4, 0.5) is 0 Å². The Balaban J connectivity index is 1.79. The predicted molar refractivity (Wildman–Crippen MR) is 123 cm³/mol. The summed E-state index contributed by atoms with van der Waals surface area (Å²) >= 11 is 0. The first-order valence-electron chi connectivity index (χ1n) is 10.7. The summed E-state index contributed by atoms with van der Waals surface area (Å²) in [4.78, 5) is 29.9. The minimum absolute atomic E-state index is 0.0188. The highest BCUT2D eigenvalue weighted by atomic mass is 16.5. The first-order valence-corrected chi connectivity index (χ1v) is 10.7. The van der Waals surface area contributed by atoms with Gasteiger partial charge in [0.2, 0.25) is 5.91 Å². The van der Waals surface area contributed by atoms with Gasteiger partial charge < -0.3 is 19.0 Å². The summed E-state index contributed by atoms with van der Waals surface area (Å²) in [6, 6.07) is 20.3. The van der Waals surface area contributed by atoms with E-state index in [2.05, 4.69) is 0 Å². The molecule has 6 heteroatoms. The van der Waals surface area contributed by atoms with E-state index < -0.39 is 0 Å². The number of amides is 2. The van der Waals surface area contributed by atoms with Gasteiger partial charge in [0.25, 0.3) is 5.91 Å². The zero-order valence-electron chi connectivity index (χ0n) is 19.1. The Hall–Kier alpha value is -3.54. The molecule has 2 amide bonds. The fourth-order valence-corrected chi connectivity index (χ4v) is 3.43. The zero-order chi connectivity index (χ0) is 23.1. The summed E-state index contributed by atoms with van der Waals surface area (Å²) in [5, 5.41) is 0. The van der Waals surface area contributed by atoms with Gasteiger partial charge in [-0.25, -0.2) is 0 Å². The average Bonchev–Trinajstić information content (AvgIpc) is 3.21. The number of furan rings is 1. The summed E-state index contributed by atoms with van der Waals surface area (Å²) < 4.78 is 10.9. The highest BCUT2D eigenvalue weighted by Crippen LogP contribution is 2.17. The molecule has 0 saturated heterocycles. The molecule has 6 nitrogen and oxygen atoms in total. The van der Waals surface area contributed by atoms with E-state index in [1.54, 1.807) is 41.2 Å². The largest absolute Gasteiger partial charge is 0.497 e. The maximum absolute atomic E-state index is 13.4. The molecule has 0 aliphatic rings. The Bertz CT molecular complexity index is 1030. The van der Waals surface area contributed by atoms with E-state index in [0.717, 1.165) is 11.3 Å². The molecule has 1 aromatic heterocycles. The van der Waals surface area contributed by atoms with Gasteiger partial charge in [-0.2, -0.15) is 0 Å². The fourth-order valence-electron chi connectivity index (χ4n) is 3.43. The number of benzene rings is 2. The molecule has 0 saturated carbocycles. The number of carbonyl (C=O) groups excluding carboxylic acids is 2. The third-order valence-electron chi connectivity index (χ3n) is 5.24. The summed E-state index contributed by atoms with van der Waals surface area (Å²) in [6.07, 6.45) is 0. The average molecular weight is 435 g/mol. The topological polar surface area (TPSA) is 63.0 Å². The molecule has 0 atom stereocenters. The lowest BCUT2D eigenvalue weighted by atomic mass is 10.1. The van der Waals surface area contributed by atoms with E-state index in [1.165, 1.54) is 0 Å². The molecular formula is C26H30N2O4. The van der Waals surface area contributed by atoms with Crippen LogP contribution in [0.5, 0.6) is 5.75 Å². The molecule has 0 aliphatic heterocycles. The predicted octanol–water partition coefficient (Wildman–Crippen LogP) is 4.68. The second kappa shape index (κ2) is 10.7. The standard InChI is InChI=1S/C26H30N2O4/c1-19(2)28(26(30)22-11-14-23(31-4)15-12-22)18-25(29)27(16-21-8-6-5-7-9-21)17-24-13-10-20(3)32-24/h5-15,19H,16-18H2,1-4H3. The van der Waals surface area contributed by atoms with Crippen molar-refractivity contribution in [2.45, 2.75) is 39.9 Å². The van der Waals surface area contributed by atoms with Crippen molar-refractivity contribution in [3.05, 3.63) is 89.4 Å². The molecule has 168 valence electrons. The summed E-state index contributed by atoms with van der Waals surface area (Å²) in [7, 11) is 1.58. The van der Waals surface area contributed by atoms with E-state index in [0.29, 0.717) is 30.2 Å². The second-order valence-corrected chi connectivity index (χ2v) is 8.00. The lowest BCUT2D eigenvalue weighted by Gasteiger charge is -2.30. The molecule has 0 radical (unpaired) electrons. The van der Waals surface area contributed by atoms with E-state index in [4.69, 9.17) is 9.15 Å². The van der Waals surface area contributed by atoms with Gasteiger partial charge in [-0.1, -0.05) is 30.3 Å². The second-order valence-electron chi connectivity index (χ2n) is 8.00. The monoisotopic (exact) mass is 434 g/mol. The number of hydrogen-bond donors (Lipinski definition) is 0. The van der Waals surface area contributed by atoms with Crippen molar-refractivity contribution in [2.24, 2.45) is 0 Å². The summed E-state index contributed by atoms with van der Waals surface area (Å²) in [6.45, 7) is 6.44. The molecule has 0 spiro atoms. The molecule has 0 unspecified atom stereocenters. The van der Waals surface area contributed by atoms with E-state index in [1.807, 2.05) is 63.2 Å². The third kappa shape index (κ3) is 6.00. The van der Waals surface area contributed by atoms with Gasteiger partial charge in [0.05, 0.1) is 13.7 Å². The SMILES string of the molecule is COc1ccc(C(=O)N(CC(=O)N(Cc2ccccc2)Cc2ccc(C)o2)C(C)C)cc1. The Morgan fingerprint density at radius 3 is 2.19 bits per heavy atom. The number of aryl methyl sites for hydroxylation is 1. The van der Waals surface area contributed by atoms with Crippen molar-refractivity contribution < 1.29 is 18.7 Å². The molecule has 0 N–H and O–H groups in total. The molecule has 0 aliphatic carbocycles. The number of rotatable bonds is 9. The van der Waals surface area contributed by atoms with Gasteiger partial charge in [0.1, 0.15) is 23.8 Å². The quantitative estimate of drug-likeness (QED) is 0.491. The van der Waals surface area contributed by atoms with Crippen molar-refractivity contribution in [1.29, 1.82) is 0 Å². The van der Waals surface area contributed by atoms with E-state index in [9.17, 15) is 9.59 Å². The summed E-state index contributed by atoms with van der Waals surface area (Å²) in [5.74, 6) is 1.86. The van der Waals surface area contributed by atoms with Crippen LogP contribution in [0.3, 0.4) is 0 Å². The van der Waals surface area contributed by atoms with Crippen LogP contribution in [0.2, 0.25) is 0 Å². The number of ether oxygens (including phenoxy) is 1. The normalized spacial score (nSPS) is 10.8. The molecule has 3 aromatic rings. The minimum Gasteiger partial charge on any atom is -0.497 e. The first kappa shape index (κ1) is 23.1. The molecule has 0 bridgehead atoms. The van der Waals surface area contributed by atoms with Gasteiger partial charge in [-0.15, -0.1) is 0 Å². The first-order chi connectivity index (χ1) is 15.4. The van der Waals surface area contributed by atoms with E-state index >= 15 is 0 Å². The highest BCUT2D eigenvalue weighted by molar-refractivity contribution is 5.96. The van der Waals surface area contributed by atoms with Gasteiger partial charge >= 0.3 is 0 Å². The van der Waals surface area contributed by atoms with Crippen molar-refractivity contribution in [1.82, 2.24) is 9.80 Å². The van der Waals surface area contributed by atoms with Crippen molar-refractivity contribution in [3.63, 3.8) is 0 Å². The Labute approximate surface area is 189 Å². The van der Waals surface area contributed by atoms with Crippen LogP contribution < -0.4 is 4.74 Å². The van der Waals surface area contributed by atoms with Crippen LogP contribution in [0.25, 0.3) is 0 Å². The number of nitrogens with zero attached hydrogens (tertiary/aromatic N) is 2. The van der Waals surface area contributed by atoms with Crippen molar-refractivity contribution >= 4 is 11.8 Å². The van der Waals surface area contributed by atoms with Crippen LogP contribution in [0, 0.1) is 6.92 Å². The lowest BCUT2D eigenvalue weighted by Crippen LogP contribution is -2.45. The molecule has 3 rings (SSSR count). The van der Waals surface area contributed by atoms with E-state index in [-0.39, 0.29) is 24.4 Å². The highest BCUT2D eigenvalue weighted by Gasteiger charge is 2.25. The maximum Gasteiger partial charge on any atom is 0.254 e. The summed E-state index contributed by atoms with van der Waals surface area (Å²) in [5.41, 5.74) is 1.53. The van der Waals surface area contributed by atoms with Crippen LogP contribution in [0.15, 0.2) is 71.1 Å². The molecular weight excluding hydrogens is 404 g/mol. The van der Waals surface area contributed by atoms with Crippen LogP contribution >= 0.6 is 0 Å². The van der Waals surface area contributed by atoms with Gasteiger partial charge in [-0.05, 0) is 62.7 Å². The van der Waals surface area contributed by atoms with Crippen LogP contribution in [-0.2, 0) is 17.9 Å². The fraction of sp³-hybridized carbons (Fsp3) is 0.308. The Morgan fingerprint density at radius 1 is 0.938 bits per heavy atom. The Morgan fingerprint density at radius 2 is 1.62 bits per heavy atom. The van der Waals surface area contributed by atoms with Crippen molar-refractivity contribution in [3.8, 4) is 5.75 Å². The molecule has 2 aromatic carbocycles. The maximum atomic E-state index is 13.4. The molecule has 32 heavy (non-hydrogen) atoms. The minimum atomic E-state index is -0.190. The number of methoxy groups -OCH3 is 1. The number of carbonyl (C=O) groups is 2. The molecule has 1 heterocycles. The van der Waals surface area contributed by atoms with Crippen LogP contribution in [0.1, 0.15) is 41.3 Å². The third-order valence-corrected chi connectivity index (χ3v) is 5.24. The molecule has 0 fully saturated rings. The van der Waals surface area contributed by atoms with Gasteiger partial charge in [0.15, 0.2) is 0 Å².